The summed E-state index contributed by atoms with van der Waals surface area (Å²) < 4.78 is 12.3. The predicted molar refractivity (Wildman–Crippen MR) is 174 cm³/mol. The lowest BCUT2D eigenvalue weighted by atomic mass is 10.00. The number of aromatic nitrogens is 6. The van der Waals surface area contributed by atoms with Crippen molar-refractivity contribution in [1.82, 2.24) is 35.7 Å². The van der Waals surface area contributed by atoms with Crippen LogP contribution in [-0.4, -0.2) is 55.6 Å². The summed E-state index contributed by atoms with van der Waals surface area (Å²) in [4.78, 5) is 25.2. The molecule has 0 saturated heterocycles. The van der Waals surface area contributed by atoms with Gasteiger partial charge in [-0.1, -0.05) is 54.1 Å². The molecule has 0 radical (unpaired) electrons. The summed E-state index contributed by atoms with van der Waals surface area (Å²) in [7, 11) is 0. The monoisotopic (exact) mass is 638 g/mol. The first-order valence-corrected chi connectivity index (χ1v) is 14.9. The fourth-order valence-corrected chi connectivity index (χ4v) is 4.82. The lowest BCUT2D eigenvalue weighted by molar-refractivity contribution is -0.117. The van der Waals surface area contributed by atoms with Crippen LogP contribution in [0.25, 0.3) is 22.9 Å². The molecular weight excluding hydrogens is 608 g/mol. The molecule has 0 aliphatic carbocycles. The lowest BCUT2D eigenvalue weighted by Gasteiger charge is -2.19. The highest BCUT2D eigenvalue weighted by Gasteiger charge is 2.20. The molecule has 2 aromatic heterocycles. The summed E-state index contributed by atoms with van der Waals surface area (Å²) >= 11 is 6.25. The Balaban J connectivity index is 1.44. The zero-order valence-corrected chi connectivity index (χ0v) is 25.9. The van der Waals surface area contributed by atoms with Crippen molar-refractivity contribution in [3.05, 3.63) is 113 Å². The van der Waals surface area contributed by atoms with Gasteiger partial charge in [-0.15, -0.1) is 15.3 Å². The highest BCUT2D eigenvalue weighted by Crippen LogP contribution is 2.31. The van der Waals surface area contributed by atoms with E-state index in [0.717, 1.165) is 11.1 Å². The molecule has 46 heavy (non-hydrogen) atoms. The molecule has 0 unspecified atom stereocenters. The molecule has 2 amide bonds. The second kappa shape index (κ2) is 15.4. The molecule has 2 heterocycles. The Morgan fingerprint density at radius 1 is 0.978 bits per heavy atom. The quantitative estimate of drug-likeness (QED) is 0.161. The number of carbonyl (C=O) groups is 2. The second-order valence-electron chi connectivity index (χ2n) is 9.89. The van der Waals surface area contributed by atoms with Crippen LogP contribution in [-0.2, 0) is 16.0 Å². The van der Waals surface area contributed by atoms with Crippen molar-refractivity contribution in [3.8, 4) is 22.7 Å². The molecule has 0 bridgehead atoms. The van der Waals surface area contributed by atoms with Gasteiger partial charge in [-0.05, 0) is 84.3 Å². The maximum atomic E-state index is 13.4. The minimum atomic E-state index is -0.537. The van der Waals surface area contributed by atoms with E-state index in [4.69, 9.17) is 21.1 Å². The van der Waals surface area contributed by atoms with E-state index in [9.17, 15) is 9.59 Å². The number of rotatable bonds is 12. The van der Waals surface area contributed by atoms with E-state index in [1.807, 2.05) is 55.5 Å². The summed E-state index contributed by atoms with van der Waals surface area (Å²) in [5, 5.41) is 26.4. The van der Waals surface area contributed by atoms with Crippen LogP contribution in [0.4, 0.5) is 10.5 Å². The van der Waals surface area contributed by atoms with Gasteiger partial charge in [0.15, 0.2) is 0 Å². The first-order valence-electron chi connectivity index (χ1n) is 14.5. The average molecular weight is 639 g/mol. The first kappa shape index (κ1) is 31.8. The second-order valence-corrected chi connectivity index (χ2v) is 10.3. The fraction of sp³-hybridized carbons (Fsp3) is 0.182. The van der Waals surface area contributed by atoms with Crippen molar-refractivity contribution < 1.29 is 19.1 Å². The van der Waals surface area contributed by atoms with Crippen LogP contribution >= 0.6 is 11.6 Å². The number of nitrogens with one attached hydrogen (secondary N) is 2. The number of carbonyl (C=O) groups excluding carboxylic acids is 2. The molecule has 0 fully saturated rings. The molecule has 0 aliphatic heterocycles. The van der Waals surface area contributed by atoms with Gasteiger partial charge in [-0.25, -0.2) is 4.79 Å². The molecular formula is C33H31ClN8O4. The van der Waals surface area contributed by atoms with E-state index in [2.05, 4.69) is 36.4 Å². The van der Waals surface area contributed by atoms with Gasteiger partial charge in [0, 0.05) is 27.9 Å². The lowest BCUT2D eigenvalue weighted by Crippen LogP contribution is -2.29. The van der Waals surface area contributed by atoms with Crippen molar-refractivity contribution in [1.29, 1.82) is 0 Å². The molecule has 2 N–H and O–H groups in total. The molecule has 12 nitrogen and oxygen atoms in total. The normalized spacial score (nSPS) is 11.6. The zero-order valence-electron chi connectivity index (χ0n) is 25.1. The van der Waals surface area contributed by atoms with Gasteiger partial charge in [-0.2, -0.15) is 4.68 Å². The number of halogens is 1. The van der Waals surface area contributed by atoms with E-state index in [1.54, 1.807) is 43.3 Å². The predicted octanol–water partition coefficient (Wildman–Crippen LogP) is 5.85. The molecule has 13 heteroatoms. The van der Waals surface area contributed by atoms with Crippen molar-refractivity contribution in [2.75, 3.05) is 18.5 Å². The fourth-order valence-electron chi connectivity index (χ4n) is 4.64. The van der Waals surface area contributed by atoms with Gasteiger partial charge in [0.2, 0.25) is 11.8 Å². The highest BCUT2D eigenvalue weighted by atomic mass is 35.5. The average Bonchev–Trinajstić information content (AvgIpc) is 3.60. The topological polar surface area (TPSA) is 146 Å². The number of benzene rings is 3. The van der Waals surface area contributed by atoms with Gasteiger partial charge >= 0.3 is 6.09 Å². The number of amides is 2. The largest absolute Gasteiger partial charge is 0.476 e. The van der Waals surface area contributed by atoms with E-state index >= 15 is 0 Å². The molecule has 1 atom stereocenters. The molecule has 5 aromatic rings. The Labute approximate surface area is 270 Å². The van der Waals surface area contributed by atoms with Crippen LogP contribution in [0.1, 0.15) is 36.7 Å². The van der Waals surface area contributed by atoms with Crippen LogP contribution in [0.3, 0.4) is 0 Å². The SMILES string of the molecule is CCOC(=O)Nc1ccc(-c2cc([C@H](Cc3ccccc3)NC(=O)/C=C/c3cc(Cl)ccc3-n3cnnn3)nnc2OCC)cc1. The van der Waals surface area contributed by atoms with Crippen LogP contribution in [0.2, 0.25) is 5.02 Å². The van der Waals surface area contributed by atoms with Gasteiger partial charge in [-0.3, -0.25) is 10.1 Å². The van der Waals surface area contributed by atoms with Gasteiger partial charge in [0.25, 0.3) is 0 Å². The zero-order chi connectivity index (χ0) is 32.3. The number of nitrogens with zero attached hydrogens (tertiary/aromatic N) is 6. The van der Waals surface area contributed by atoms with Gasteiger partial charge in [0.05, 0.1) is 30.6 Å². The number of hydrogen-bond acceptors (Lipinski definition) is 9. The Morgan fingerprint density at radius 3 is 2.50 bits per heavy atom. The summed E-state index contributed by atoms with van der Waals surface area (Å²) in [5.41, 5.74) is 4.89. The third-order valence-electron chi connectivity index (χ3n) is 6.73. The highest BCUT2D eigenvalue weighted by molar-refractivity contribution is 6.30. The van der Waals surface area contributed by atoms with Gasteiger partial charge < -0.3 is 14.8 Å². The van der Waals surface area contributed by atoms with E-state index < -0.39 is 12.1 Å². The summed E-state index contributed by atoms with van der Waals surface area (Å²) in [6, 6.07) is 23.5. The van der Waals surface area contributed by atoms with Gasteiger partial charge in [0.1, 0.15) is 6.33 Å². The number of tetrazole rings is 1. The molecule has 3 aromatic carbocycles. The van der Waals surface area contributed by atoms with Crippen molar-refractivity contribution in [3.63, 3.8) is 0 Å². The van der Waals surface area contributed by atoms with E-state index in [-0.39, 0.29) is 12.5 Å². The van der Waals surface area contributed by atoms with Crippen molar-refractivity contribution in [2.24, 2.45) is 0 Å². The molecule has 0 spiro atoms. The van der Waals surface area contributed by atoms with Crippen LogP contribution in [0, 0.1) is 0 Å². The molecule has 0 aliphatic rings. The molecule has 234 valence electrons. The Morgan fingerprint density at radius 2 is 1.78 bits per heavy atom. The number of hydrogen-bond donors (Lipinski definition) is 2. The molecule has 0 saturated carbocycles. The smallest absolute Gasteiger partial charge is 0.411 e. The van der Waals surface area contributed by atoms with Crippen LogP contribution < -0.4 is 15.4 Å². The maximum Gasteiger partial charge on any atom is 0.411 e. The third-order valence-corrected chi connectivity index (χ3v) is 6.97. The standard InChI is InChI=1S/C33H31ClN8O4/c1-3-45-32-27(23-10-14-26(15-11-23)36-33(44)46-4-2)20-29(38-39-32)28(18-22-8-6-5-7-9-22)37-31(43)17-12-24-19-25(34)13-16-30(24)42-21-35-40-41-42/h5-17,19-21,28H,3-4,18H2,1-2H3,(H,36,44)(H,37,43)/b17-12+/t28-/m0/s1. The summed E-state index contributed by atoms with van der Waals surface area (Å²) in [6.07, 6.45) is 4.46. The Bertz CT molecular complexity index is 1800. The number of anilines is 1. The summed E-state index contributed by atoms with van der Waals surface area (Å²) in [5.74, 6) is -0.00618. The minimum Gasteiger partial charge on any atom is -0.476 e. The Hall–Kier alpha value is -5.62. The van der Waals surface area contributed by atoms with E-state index in [0.29, 0.717) is 52.1 Å². The van der Waals surface area contributed by atoms with Crippen molar-refractivity contribution in [2.45, 2.75) is 26.3 Å². The maximum absolute atomic E-state index is 13.4. The minimum absolute atomic E-state index is 0.270. The van der Waals surface area contributed by atoms with Crippen LogP contribution in [0.5, 0.6) is 5.88 Å². The Kier molecular flexibility index (Phi) is 10.6. The molecule has 5 rings (SSSR count). The number of ether oxygens (including phenoxy) is 2. The van der Waals surface area contributed by atoms with Crippen LogP contribution in [0.15, 0.2) is 91.3 Å². The third kappa shape index (κ3) is 8.30. The summed E-state index contributed by atoms with van der Waals surface area (Å²) in [6.45, 7) is 4.26. The van der Waals surface area contributed by atoms with E-state index in [1.165, 1.54) is 17.1 Å². The van der Waals surface area contributed by atoms with Crippen molar-refractivity contribution >= 4 is 35.4 Å². The first-order chi connectivity index (χ1) is 22.4.